The fraction of sp³-hybridized carbons (Fsp3) is 0.667. The number of rotatable bonds is 5. The van der Waals surface area contributed by atoms with E-state index in [0.717, 1.165) is 6.54 Å². The molecule has 0 aromatic carbocycles. The second-order valence-corrected chi connectivity index (χ2v) is 2.83. The molecular weight excluding hydrogens is 138 g/mol. The van der Waals surface area contributed by atoms with Crippen molar-refractivity contribution in [1.82, 2.24) is 0 Å². The number of oxazole rings is 1. The van der Waals surface area contributed by atoms with Crippen LogP contribution in [-0.2, 0) is 6.54 Å². The molecule has 62 valence electrons. The first-order chi connectivity index (χ1) is 5.43. The number of aryl methyl sites for hydroxylation is 1. The van der Waals surface area contributed by atoms with Crippen LogP contribution in [0.3, 0.4) is 0 Å². The average Bonchev–Trinajstić information content (AvgIpc) is 2.50. The van der Waals surface area contributed by atoms with E-state index < -0.39 is 0 Å². The number of aromatic nitrogens is 1. The summed E-state index contributed by atoms with van der Waals surface area (Å²) in [5.74, 6) is 0. The Kier molecular flexibility index (Phi) is 3.73. The van der Waals surface area contributed by atoms with Crippen molar-refractivity contribution in [1.29, 1.82) is 0 Å². The van der Waals surface area contributed by atoms with Gasteiger partial charge in [-0.05, 0) is 6.42 Å². The monoisotopic (exact) mass is 154 g/mol. The van der Waals surface area contributed by atoms with Crippen LogP contribution >= 0.6 is 0 Å². The zero-order chi connectivity index (χ0) is 7.94. The third-order valence-electron chi connectivity index (χ3n) is 1.80. The maximum Gasteiger partial charge on any atom is 0.334 e. The molecule has 0 aliphatic carbocycles. The van der Waals surface area contributed by atoms with E-state index in [4.69, 9.17) is 4.42 Å². The molecule has 0 fully saturated rings. The Hall–Kier alpha value is -0.790. The summed E-state index contributed by atoms with van der Waals surface area (Å²) in [6, 6.07) is 0. The highest BCUT2D eigenvalue weighted by molar-refractivity contribution is 4.47. The van der Waals surface area contributed by atoms with Crippen LogP contribution < -0.4 is 4.57 Å². The molecule has 2 nitrogen and oxygen atoms in total. The van der Waals surface area contributed by atoms with Gasteiger partial charge in [0.05, 0.1) is 0 Å². The normalized spacial score (nSPS) is 10.3. The summed E-state index contributed by atoms with van der Waals surface area (Å²) >= 11 is 0. The van der Waals surface area contributed by atoms with Gasteiger partial charge < -0.3 is 4.42 Å². The number of nitrogens with zero attached hydrogens (tertiary/aromatic N) is 1. The second-order valence-electron chi connectivity index (χ2n) is 2.83. The lowest BCUT2D eigenvalue weighted by atomic mass is 10.2. The Bertz CT molecular complexity index is 170. The first kappa shape index (κ1) is 8.31. The van der Waals surface area contributed by atoms with E-state index in [1.807, 2.05) is 6.20 Å². The second kappa shape index (κ2) is 4.94. The zero-order valence-electron chi connectivity index (χ0n) is 7.12. The molecule has 0 radical (unpaired) electrons. The minimum absolute atomic E-state index is 1.09. The molecule has 0 saturated heterocycles. The van der Waals surface area contributed by atoms with Gasteiger partial charge in [-0.1, -0.05) is 19.8 Å². The summed E-state index contributed by atoms with van der Waals surface area (Å²) in [5, 5.41) is 0. The van der Waals surface area contributed by atoms with E-state index in [2.05, 4.69) is 11.5 Å². The van der Waals surface area contributed by atoms with Crippen molar-refractivity contribution in [2.45, 2.75) is 39.2 Å². The summed E-state index contributed by atoms with van der Waals surface area (Å²) in [4.78, 5) is 0. The van der Waals surface area contributed by atoms with E-state index >= 15 is 0 Å². The standard InChI is InChI=1S/C9H16NO/c1-2-3-4-5-6-10-7-8-11-9-10/h7-9H,2-6H2,1H3/q+1. The fourth-order valence-corrected chi connectivity index (χ4v) is 1.11. The van der Waals surface area contributed by atoms with Crippen molar-refractivity contribution < 1.29 is 8.98 Å². The van der Waals surface area contributed by atoms with E-state index in [1.54, 1.807) is 12.7 Å². The molecule has 0 saturated carbocycles. The highest BCUT2D eigenvalue weighted by atomic mass is 16.3. The third kappa shape index (κ3) is 3.21. The first-order valence-electron chi connectivity index (χ1n) is 4.34. The van der Waals surface area contributed by atoms with Crippen LogP contribution in [0.15, 0.2) is 23.3 Å². The van der Waals surface area contributed by atoms with Gasteiger partial charge in [0.2, 0.25) is 6.20 Å². The van der Waals surface area contributed by atoms with Crippen LogP contribution in [0.25, 0.3) is 0 Å². The summed E-state index contributed by atoms with van der Waals surface area (Å²) in [5.41, 5.74) is 0. The topological polar surface area (TPSA) is 17.0 Å². The molecule has 0 aliphatic heterocycles. The maximum atomic E-state index is 4.93. The molecule has 1 heterocycles. The Morgan fingerprint density at radius 1 is 1.27 bits per heavy atom. The summed E-state index contributed by atoms with van der Waals surface area (Å²) < 4.78 is 7.01. The van der Waals surface area contributed by atoms with E-state index in [9.17, 15) is 0 Å². The lowest BCUT2D eigenvalue weighted by Gasteiger charge is -1.92. The van der Waals surface area contributed by atoms with Crippen LogP contribution in [0.2, 0.25) is 0 Å². The highest BCUT2D eigenvalue weighted by Gasteiger charge is 1.98. The molecule has 1 aromatic rings. The molecule has 0 bridgehead atoms. The lowest BCUT2D eigenvalue weighted by molar-refractivity contribution is -0.700. The molecule has 0 amide bonds. The van der Waals surface area contributed by atoms with E-state index in [-0.39, 0.29) is 0 Å². The quantitative estimate of drug-likeness (QED) is 0.469. The van der Waals surface area contributed by atoms with Crippen LogP contribution in [0.4, 0.5) is 0 Å². The van der Waals surface area contributed by atoms with E-state index in [0.29, 0.717) is 0 Å². The first-order valence-corrected chi connectivity index (χ1v) is 4.34. The van der Waals surface area contributed by atoms with Crippen molar-refractivity contribution in [3.63, 3.8) is 0 Å². The Balaban J connectivity index is 2.04. The largest absolute Gasteiger partial charge is 0.412 e. The Morgan fingerprint density at radius 2 is 2.18 bits per heavy atom. The SMILES string of the molecule is CCCCCC[n+]1ccoc1. The molecule has 2 heteroatoms. The molecule has 1 rings (SSSR count). The Morgan fingerprint density at radius 3 is 2.82 bits per heavy atom. The van der Waals surface area contributed by atoms with Gasteiger partial charge >= 0.3 is 6.39 Å². The molecule has 0 N–H and O–H groups in total. The molecule has 0 unspecified atom stereocenters. The number of unbranched alkanes of at least 4 members (excludes halogenated alkanes) is 3. The van der Waals surface area contributed by atoms with Gasteiger partial charge in [0, 0.05) is 6.42 Å². The molecule has 0 spiro atoms. The van der Waals surface area contributed by atoms with Crippen molar-refractivity contribution in [3.05, 3.63) is 18.9 Å². The minimum atomic E-state index is 1.09. The summed E-state index contributed by atoms with van der Waals surface area (Å²) in [6.07, 6.45) is 10.7. The smallest absolute Gasteiger partial charge is 0.334 e. The molecule has 0 aliphatic rings. The van der Waals surface area contributed by atoms with Gasteiger partial charge in [-0.3, -0.25) is 0 Å². The lowest BCUT2D eigenvalue weighted by Crippen LogP contribution is -2.29. The van der Waals surface area contributed by atoms with Gasteiger partial charge in [-0.25, -0.2) is 0 Å². The van der Waals surface area contributed by atoms with Crippen molar-refractivity contribution in [2.24, 2.45) is 0 Å². The van der Waals surface area contributed by atoms with Gasteiger partial charge in [-0.15, -0.1) is 0 Å². The highest BCUT2D eigenvalue weighted by Crippen LogP contribution is 1.97. The van der Waals surface area contributed by atoms with Gasteiger partial charge in [0.15, 0.2) is 12.8 Å². The molecule has 1 aromatic heterocycles. The number of hydrogen-bond donors (Lipinski definition) is 0. The molecule has 0 atom stereocenters. The van der Waals surface area contributed by atoms with E-state index in [1.165, 1.54) is 25.7 Å². The minimum Gasteiger partial charge on any atom is -0.412 e. The summed E-state index contributed by atoms with van der Waals surface area (Å²) in [7, 11) is 0. The van der Waals surface area contributed by atoms with Crippen LogP contribution in [0, 0.1) is 0 Å². The van der Waals surface area contributed by atoms with Gasteiger partial charge in [0.1, 0.15) is 0 Å². The predicted octanol–water partition coefficient (Wildman–Crippen LogP) is 2.15. The van der Waals surface area contributed by atoms with Crippen molar-refractivity contribution >= 4 is 0 Å². The summed E-state index contributed by atoms with van der Waals surface area (Å²) in [6.45, 7) is 3.32. The number of hydrogen-bond acceptors (Lipinski definition) is 1. The Labute approximate surface area is 67.8 Å². The third-order valence-corrected chi connectivity index (χ3v) is 1.80. The van der Waals surface area contributed by atoms with Crippen LogP contribution in [0.1, 0.15) is 32.6 Å². The van der Waals surface area contributed by atoms with Crippen molar-refractivity contribution in [3.8, 4) is 0 Å². The van der Waals surface area contributed by atoms with Gasteiger partial charge in [0.25, 0.3) is 0 Å². The zero-order valence-corrected chi connectivity index (χ0v) is 7.12. The molecule has 11 heavy (non-hydrogen) atoms. The van der Waals surface area contributed by atoms with Gasteiger partial charge in [-0.2, -0.15) is 4.57 Å². The van der Waals surface area contributed by atoms with Crippen LogP contribution in [-0.4, -0.2) is 0 Å². The van der Waals surface area contributed by atoms with Crippen molar-refractivity contribution in [2.75, 3.05) is 0 Å². The maximum absolute atomic E-state index is 4.93. The fourth-order valence-electron chi connectivity index (χ4n) is 1.11. The van der Waals surface area contributed by atoms with Crippen LogP contribution in [0.5, 0.6) is 0 Å². The predicted molar refractivity (Wildman–Crippen MR) is 43.0 cm³/mol. The average molecular weight is 154 g/mol. The molecular formula is C9H16NO+.